The molecule has 0 saturated heterocycles. The first-order chi connectivity index (χ1) is 7.74. The van der Waals surface area contributed by atoms with Gasteiger partial charge >= 0.3 is 0 Å². The second kappa shape index (κ2) is 7.14. The van der Waals surface area contributed by atoms with Crippen LogP contribution in [0.1, 0.15) is 0 Å². The second-order valence-corrected chi connectivity index (χ2v) is 3.16. The van der Waals surface area contributed by atoms with E-state index in [0.29, 0.717) is 32.1 Å². The van der Waals surface area contributed by atoms with Crippen LogP contribution in [0.3, 0.4) is 0 Å². The van der Waals surface area contributed by atoms with E-state index in [4.69, 9.17) is 9.47 Å². The molecule has 0 unspecified atom stereocenters. The Hall–Kier alpha value is -1.20. The summed E-state index contributed by atoms with van der Waals surface area (Å²) in [6, 6.07) is 3.68. The largest absolute Gasteiger partial charge is 0.383 e. The van der Waals surface area contributed by atoms with Gasteiger partial charge in [0, 0.05) is 25.4 Å². The Morgan fingerprint density at radius 1 is 1.12 bits per heavy atom. The van der Waals surface area contributed by atoms with E-state index in [2.05, 4.69) is 5.32 Å². The molecule has 16 heavy (non-hydrogen) atoms. The van der Waals surface area contributed by atoms with Crippen LogP contribution in [0.4, 0.5) is 14.5 Å². The van der Waals surface area contributed by atoms with Crippen molar-refractivity contribution < 1.29 is 18.3 Å². The number of rotatable bonds is 7. The van der Waals surface area contributed by atoms with Crippen LogP contribution >= 0.6 is 0 Å². The smallest absolute Gasteiger partial charge is 0.160 e. The van der Waals surface area contributed by atoms with Crippen LogP contribution in [0, 0.1) is 11.6 Å². The number of hydrogen-bond acceptors (Lipinski definition) is 3. The molecular formula is C11H15F2NO2. The lowest BCUT2D eigenvalue weighted by atomic mass is 10.3. The van der Waals surface area contributed by atoms with Crippen molar-refractivity contribution in [1.82, 2.24) is 0 Å². The van der Waals surface area contributed by atoms with Gasteiger partial charge in [-0.2, -0.15) is 0 Å². The number of hydrogen-bond donors (Lipinski definition) is 1. The summed E-state index contributed by atoms with van der Waals surface area (Å²) in [6.45, 7) is 2.10. The molecular weight excluding hydrogens is 216 g/mol. The zero-order chi connectivity index (χ0) is 11.8. The molecule has 0 aromatic heterocycles. The highest BCUT2D eigenvalue weighted by atomic mass is 19.2. The topological polar surface area (TPSA) is 30.5 Å². The van der Waals surface area contributed by atoms with Crippen LogP contribution in [-0.4, -0.2) is 33.5 Å². The van der Waals surface area contributed by atoms with Crippen molar-refractivity contribution in [1.29, 1.82) is 0 Å². The maximum atomic E-state index is 12.8. The lowest BCUT2D eigenvalue weighted by Crippen LogP contribution is -2.12. The van der Waals surface area contributed by atoms with Gasteiger partial charge in [0.05, 0.1) is 19.8 Å². The Morgan fingerprint density at radius 2 is 1.94 bits per heavy atom. The Bertz CT molecular complexity index is 321. The maximum Gasteiger partial charge on any atom is 0.160 e. The predicted molar refractivity (Wildman–Crippen MR) is 57.5 cm³/mol. The molecule has 0 aliphatic heterocycles. The summed E-state index contributed by atoms with van der Waals surface area (Å²) in [4.78, 5) is 0. The minimum Gasteiger partial charge on any atom is -0.383 e. The van der Waals surface area contributed by atoms with E-state index >= 15 is 0 Å². The van der Waals surface area contributed by atoms with Gasteiger partial charge in [0.1, 0.15) is 0 Å². The molecule has 0 aliphatic carbocycles. The normalized spacial score (nSPS) is 10.4. The summed E-state index contributed by atoms with van der Waals surface area (Å²) >= 11 is 0. The number of nitrogens with one attached hydrogen (secondary N) is 1. The lowest BCUT2D eigenvalue weighted by Gasteiger charge is -2.07. The third-order valence-corrected chi connectivity index (χ3v) is 1.93. The van der Waals surface area contributed by atoms with Crippen LogP contribution in [0.25, 0.3) is 0 Å². The van der Waals surface area contributed by atoms with Gasteiger partial charge < -0.3 is 14.8 Å². The van der Waals surface area contributed by atoms with Crippen molar-refractivity contribution in [3.05, 3.63) is 29.8 Å². The van der Waals surface area contributed by atoms with E-state index in [1.807, 2.05) is 0 Å². The van der Waals surface area contributed by atoms with Crippen LogP contribution in [0.15, 0.2) is 18.2 Å². The summed E-state index contributed by atoms with van der Waals surface area (Å²) < 4.78 is 35.4. The van der Waals surface area contributed by atoms with Crippen LogP contribution in [0.2, 0.25) is 0 Å². The van der Waals surface area contributed by atoms with Gasteiger partial charge in [-0.1, -0.05) is 0 Å². The van der Waals surface area contributed by atoms with Crippen molar-refractivity contribution in [2.75, 3.05) is 38.8 Å². The molecule has 0 aliphatic rings. The minimum absolute atomic E-state index is 0.488. The fourth-order valence-electron chi connectivity index (χ4n) is 1.12. The molecule has 0 radical (unpaired) electrons. The molecule has 1 aromatic rings. The number of ether oxygens (including phenoxy) is 2. The molecule has 0 fully saturated rings. The standard InChI is InChI=1S/C11H15F2NO2/c1-15-6-7-16-5-4-14-9-2-3-10(12)11(13)8-9/h2-3,8,14H,4-7H2,1H3. The van der Waals surface area contributed by atoms with E-state index in [1.54, 1.807) is 7.11 Å². The van der Waals surface area contributed by atoms with Crippen LogP contribution < -0.4 is 5.32 Å². The van der Waals surface area contributed by atoms with E-state index in [9.17, 15) is 8.78 Å². The highest BCUT2D eigenvalue weighted by molar-refractivity contribution is 5.43. The molecule has 0 saturated carbocycles. The van der Waals surface area contributed by atoms with E-state index in [-0.39, 0.29) is 0 Å². The van der Waals surface area contributed by atoms with Crippen molar-refractivity contribution in [3.63, 3.8) is 0 Å². The monoisotopic (exact) mass is 231 g/mol. The lowest BCUT2D eigenvalue weighted by molar-refractivity contribution is 0.0759. The quantitative estimate of drug-likeness (QED) is 0.728. The number of anilines is 1. The van der Waals surface area contributed by atoms with Gasteiger partial charge in [-0.3, -0.25) is 0 Å². The van der Waals surface area contributed by atoms with Gasteiger partial charge in [-0.15, -0.1) is 0 Å². The number of methoxy groups -OCH3 is 1. The summed E-state index contributed by atoms with van der Waals surface area (Å²) in [6.07, 6.45) is 0. The fraction of sp³-hybridized carbons (Fsp3) is 0.455. The Balaban J connectivity index is 2.19. The molecule has 1 aromatic carbocycles. The zero-order valence-corrected chi connectivity index (χ0v) is 9.13. The molecule has 0 atom stereocenters. The van der Waals surface area contributed by atoms with Gasteiger partial charge in [-0.05, 0) is 12.1 Å². The number of halogens is 2. The molecule has 1 N–H and O–H groups in total. The Kier molecular flexibility index (Phi) is 5.74. The third-order valence-electron chi connectivity index (χ3n) is 1.93. The first-order valence-electron chi connectivity index (χ1n) is 4.99. The summed E-state index contributed by atoms with van der Waals surface area (Å²) in [5.41, 5.74) is 0.536. The van der Waals surface area contributed by atoms with Gasteiger partial charge in [-0.25, -0.2) is 8.78 Å². The summed E-state index contributed by atoms with van der Waals surface area (Å²) in [5.74, 6) is -1.70. The van der Waals surface area contributed by atoms with E-state index in [0.717, 1.165) is 12.1 Å². The van der Waals surface area contributed by atoms with Gasteiger partial charge in [0.25, 0.3) is 0 Å². The second-order valence-electron chi connectivity index (χ2n) is 3.16. The van der Waals surface area contributed by atoms with Gasteiger partial charge in [0.15, 0.2) is 11.6 Å². The van der Waals surface area contributed by atoms with Crippen molar-refractivity contribution in [2.24, 2.45) is 0 Å². The Morgan fingerprint density at radius 3 is 2.62 bits per heavy atom. The highest BCUT2D eigenvalue weighted by Crippen LogP contribution is 2.12. The van der Waals surface area contributed by atoms with Crippen molar-refractivity contribution in [2.45, 2.75) is 0 Å². The zero-order valence-electron chi connectivity index (χ0n) is 9.13. The molecule has 90 valence electrons. The summed E-state index contributed by atoms with van der Waals surface area (Å²) in [5, 5.41) is 2.92. The minimum atomic E-state index is -0.856. The average Bonchev–Trinajstić information content (AvgIpc) is 2.28. The molecule has 0 heterocycles. The third kappa shape index (κ3) is 4.55. The fourth-order valence-corrected chi connectivity index (χ4v) is 1.12. The van der Waals surface area contributed by atoms with Crippen molar-refractivity contribution in [3.8, 4) is 0 Å². The molecule has 0 bridgehead atoms. The average molecular weight is 231 g/mol. The highest BCUT2D eigenvalue weighted by Gasteiger charge is 2.01. The van der Waals surface area contributed by atoms with E-state index < -0.39 is 11.6 Å². The van der Waals surface area contributed by atoms with Crippen LogP contribution in [0.5, 0.6) is 0 Å². The van der Waals surface area contributed by atoms with Gasteiger partial charge in [0.2, 0.25) is 0 Å². The summed E-state index contributed by atoms with van der Waals surface area (Å²) in [7, 11) is 1.60. The van der Waals surface area contributed by atoms with Crippen molar-refractivity contribution >= 4 is 5.69 Å². The van der Waals surface area contributed by atoms with Crippen LogP contribution in [-0.2, 0) is 9.47 Å². The maximum absolute atomic E-state index is 12.8. The number of benzene rings is 1. The molecule has 0 amide bonds. The molecule has 5 heteroatoms. The predicted octanol–water partition coefficient (Wildman–Crippen LogP) is 2.04. The first-order valence-corrected chi connectivity index (χ1v) is 4.99. The molecule has 3 nitrogen and oxygen atoms in total. The SMILES string of the molecule is COCCOCCNc1ccc(F)c(F)c1. The van der Waals surface area contributed by atoms with E-state index in [1.165, 1.54) is 6.07 Å². The first kappa shape index (κ1) is 12.9. The molecule has 0 spiro atoms. The molecule has 1 rings (SSSR count). The Labute approximate surface area is 93.4 Å².